The number of aliphatic hydroxyl groups excluding tert-OH is 3. The molecule has 14 nitrogen and oxygen atoms in total. The molecule has 0 aliphatic carbocycles. The second kappa shape index (κ2) is 13.4. The van der Waals surface area contributed by atoms with Gasteiger partial charge >= 0.3 is 6.18 Å². The van der Waals surface area contributed by atoms with Crippen molar-refractivity contribution < 1.29 is 55.9 Å². The number of aliphatic hydroxyl groups is 3. The molecule has 260 valence electrons. The average Bonchev–Trinajstić information content (AvgIpc) is 3.76. The quantitative estimate of drug-likeness (QED) is 0.195. The van der Waals surface area contributed by atoms with E-state index in [2.05, 4.69) is 30.9 Å². The van der Waals surface area contributed by atoms with Gasteiger partial charge in [-0.3, -0.25) is 4.99 Å². The highest BCUT2D eigenvalue weighted by Crippen LogP contribution is 2.43. The number of nitrogens with one attached hydrogen (secondary N) is 1. The second-order valence-electron chi connectivity index (χ2n) is 11.1. The molecule has 0 spiro atoms. The van der Waals surface area contributed by atoms with Gasteiger partial charge in [-0.2, -0.15) is 13.2 Å². The number of methoxy groups -OCH3 is 1. The smallest absolute Gasteiger partial charge is 0.394 e. The second-order valence-corrected chi connectivity index (χ2v) is 12.4. The summed E-state index contributed by atoms with van der Waals surface area (Å²) in [5.41, 5.74) is -4.65. The number of aliphatic imine (C=N–C) groups is 1. The molecule has 0 amide bonds. The van der Waals surface area contributed by atoms with Gasteiger partial charge in [0.05, 0.1) is 43.6 Å². The largest absolute Gasteiger partial charge is 0.438 e. The van der Waals surface area contributed by atoms with Crippen LogP contribution in [0.2, 0.25) is 0 Å². The number of aromatic nitrogens is 6. The summed E-state index contributed by atoms with van der Waals surface area (Å²) in [6.45, 7) is -0.805. The molecule has 3 aliphatic heterocycles. The van der Waals surface area contributed by atoms with Crippen LogP contribution in [0.3, 0.4) is 0 Å². The molecule has 3 aromatic rings. The van der Waals surface area contributed by atoms with E-state index in [1.54, 1.807) is 0 Å². The predicted molar refractivity (Wildman–Crippen MR) is 153 cm³/mol. The molecule has 2 saturated heterocycles. The number of benzene rings is 1. The van der Waals surface area contributed by atoms with Crippen LogP contribution in [0, 0.1) is 17.5 Å². The summed E-state index contributed by atoms with van der Waals surface area (Å²) in [6.07, 6.45) is -4.21. The van der Waals surface area contributed by atoms with Crippen LogP contribution in [0.4, 0.5) is 26.3 Å². The Morgan fingerprint density at radius 1 is 1.06 bits per heavy atom. The molecule has 9 atom stereocenters. The van der Waals surface area contributed by atoms with Gasteiger partial charge in [0.25, 0.3) is 5.66 Å². The Kier molecular flexibility index (Phi) is 9.54. The number of thioether (sulfide) groups is 1. The molecule has 1 aromatic carbocycles. The monoisotopic (exact) mass is 706 g/mol. The highest BCUT2D eigenvalue weighted by Gasteiger charge is 2.59. The molecule has 2 aromatic heterocycles. The minimum absolute atomic E-state index is 0.0322. The van der Waals surface area contributed by atoms with Crippen molar-refractivity contribution in [3.8, 4) is 11.3 Å². The van der Waals surface area contributed by atoms with Gasteiger partial charge in [0.2, 0.25) is 0 Å². The van der Waals surface area contributed by atoms with Gasteiger partial charge in [0.1, 0.15) is 47.2 Å². The van der Waals surface area contributed by atoms with Crippen LogP contribution in [0.1, 0.15) is 17.8 Å². The summed E-state index contributed by atoms with van der Waals surface area (Å²) in [5, 5.41) is 49.3. The van der Waals surface area contributed by atoms with E-state index < -0.39 is 88.8 Å². The number of allylic oxidation sites excluding steroid dienone is 1. The third kappa shape index (κ3) is 6.07. The molecule has 4 N–H and O–H groups in total. The van der Waals surface area contributed by atoms with Crippen LogP contribution in [0.5, 0.6) is 0 Å². The van der Waals surface area contributed by atoms with Gasteiger partial charge in [0, 0.05) is 25.1 Å². The van der Waals surface area contributed by atoms with Crippen molar-refractivity contribution in [2.75, 3.05) is 26.9 Å². The summed E-state index contributed by atoms with van der Waals surface area (Å²) in [6, 6.07) is -0.622. The zero-order valence-corrected chi connectivity index (χ0v) is 25.5. The van der Waals surface area contributed by atoms with E-state index in [4.69, 9.17) is 14.2 Å². The Labute approximate surface area is 271 Å². The highest BCUT2D eigenvalue weighted by molar-refractivity contribution is 8.00. The fraction of sp³-hybridized carbons (Fsp3) is 0.519. The number of nitrogens with zero attached hydrogens (tertiary/aromatic N) is 7. The van der Waals surface area contributed by atoms with Crippen molar-refractivity contribution in [1.29, 1.82) is 0 Å². The first-order valence-corrected chi connectivity index (χ1v) is 15.2. The molecular formula is C27H28F6N8O6S. The van der Waals surface area contributed by atoms with E-state index in [0.717, 1.165) is 51.9 Å². The third-order valence-electron chi connectivity index (χ3n) is 8.22. The number of hydrogen-bond donors (Lipinski definition) is 4. The lowest BCUT2D eigenvalue weighted by atomic mass is 9.97. The molecule has 21 heteroatoms. The van der Waals surface area contributed by atoms with Crippen LogP contribution in [0.15, 0.2) is 41.8 Å². The summed E-state index contributed by atoms with van der Waals surface area (Å²) in [7, 11) is 1.31. The number of halogens is 6. The molecule has 1 unspecified atom stereocenters. The minimum atomic E-state index is -4.89. The van der Waals surface area contributed by atoms with Gasteiger partial charge in [-0.1, -0.05) is 10.4 Å². The number of hydrogen-bond acceptors (Lipinski definition) is 13. The zero-order valence-electron chi connectivity index (χ0n) is 24.7. The molecule has 0 bridgehead atoms. The van der Waals surface area contributed by atoms with E-state index in [1.807, 2.05) is 0 Å². The summed E-state index contributed by atoms with van der Waals surface area (Å²) in [4.78, 5) is 3.58. The minimum Gasteiger partial charge on any atom is -0.394 e. The van der Waals surface area contributed by atoms with Crippen molar-refractivity contribution in [2.45, 2.75) is 59.0 Å². The van der Waals surface area contributed by atoms with E-state index in [1.165, 1.54) is 19.4 Å². The Hall–Kier alpha value is -3.60. The van der Waals surface area contributed by atoms with Crippen LogP contribution < -0.4 is 5.32 Å². The molecule has 0 saturated carbocycles. The lowest BCUT2D eigenvalue weighted by molar-refractivity contribution is -0.196. The first-order valence-electron chi connectivity index (χ1n) is 14.3. The summed E-state index contributed by atoms with van der Waals surface area (Å²) >= 11 is 1.01. The SMILES string of the molecule is CO[C@@H]1[C@@H](n2cc(-c3cc(F)c(F)c(F)c3)nn2)[C@@H](O)[C@@H](CO)O[C@H]1S[C@@H]1COC[C@H](n2cc(C3(C(F)(F)F)N=CC=CN3)nn2)[C@H]1O. The van der Waals surface area contributed by atoms with Gasteiger partial charge in [-0.25, -0.2) is 22.5 Å². The number of ether oxygens (including phenoxy) is 3. The molecule has 0 radical (unpaired) electrons. The maximum absolute atomic E-state index is 14.1. The standard InChI is InChI=1S/C27H28F6N8O6S/c1-45-24-21(41-7-15(36-38-41)12-5-13(28)20(30)14(29)6-12)23(44)17(9-42)47-25(24)48-18-11-46-10-16(22(18)43)40-8-19(37-39-40)26(27(31,32)33)34-3-2-4-35-26/h2-8,16-18,21-25,34,42-44H,9-11H2,1H3/t16-,17+,18+,21-,22+,23-,24+,25-,26?/m0/s1. The molecule has 2 fully saturated rings. The number of alkyl halides is 3. The lowest BCUT2D eigenvalue weighted by Gasteiger charge is -2.45. The van der Waals surface area contributed by atoms with Crippen LogP contribution >= 0.6 is 11.8 Å². The maximum Gasteiger partial charge on any atom is 0.438 e. The Morgan fingerprint density at radius 3 is 2.44 bits per heavy atom. The van der Waals surface area contributed by atoms with Gasteiger partial charge in [-0.05, 0) is 18.2 Å². The van der Waals surface area contributed by atoms with Gasteiger partial charge in [0.15, 0.2) is 17.5 Å². The predicted octanol–water partition coefficient (Wildman–Crippen LogP) is 1.23. The average molecular weight is 707 g/mol. The van der Waals surface area contributed by atoms with Crippen molar-refractivity contribution in [3.63, 3.8) is 0 Å². The lowest BCUT2D eigenvalue weighted by Crippen LogP contribution is -2.56. The summed E-state index contributed by atoms with van der Waals surface area (Å²) in [5.74, 6) is -4.54. The van der Waals surface area contributed by atoms with Crippen LogP contribution in [-0.2, 0) is 19.9 Å². The highest BCUT2D eigenvalue weighted by atomic mass is 32.2. The summed E-state index contributed by atoms with van der Waals surface area (Å²) < 4.78 is 103. The van der Waals surface area contributed by atoms with Crippen molar-refractivity contribution in [3.05, 3.63) is 59.9 Å². The normalized spacial score (nSPS) is 32.4. The Morgan fingerprint density at radius 2 is 1.79 bits per heavy atom. The molecule has 48 heavy (non-hydrogen) atoms. The van der Waals surface area contributed by atoms with Crippen molar-refractivity contribution in [1.82, 2.24) is 35.3 Å². The van der Waals surface area contributed by atoms with Crippen LogP contribution in [0.25, 0.3) is 11.3 Å². The van der Waals surface area contributed by atoms with E-state index >= 15 is 0 Å². The molecular weight excluding hydrogens is 678 g/mol. The topological polar surface area (TPSA) is 174 Å². The molecule has 3 aliphatic rings. The Bertz CT molecular complexity index is 1650. The maximum atomic E-state index is 14.1. The third-order valence-corrected chi connectivity index (χ3v) is 9.63. The first kappa shape index (κ1) is 34.3. The Balaban J connectivity index is 1.23. The molecule has 6 rings (SSSR count). The van der Waals surface area contributed by atoms with Crippen molar-refractivity contribution >= 4 is 18.0 Å². The first-order chi connectivity index (χ1) is 22.9. The molecule has 5 heterocycles. The number of rotatable bonds is 8. The fourth-order valence-electron chi connectivity index (χ4n) is 5.71. The zero-order chi connectivity index (χ0) is 34.4. The van der Waals surface area contributed by atoms with Gasteiger partial charge in [-0.15, -0.1) is 22.0 Å². The van der Waals surface area contributed by atoms with Gasteiger partial charge < -0.3 is 34.8 Å². The van der Waals surface area contributed by atoms with E-state index in [9.17, 15) is 41.7 Å². The van der Waals surface area contributed by atoms with E-state index in [-0.39, 0.29) is 24.5 Å². The van der Waals surface area contributed by atoms with E-state index in [0.29, 0.717) is 0 Å². The fourth-order valence-corrected chi connectivity index (χ4v) is 7.20. The van der Waals surface area contributed by atoms with Crippen LogP contribution in [-0.4, -0.2) is 120 Å². The van der Waals surface area contributed by atoms with Crippen molar-refractivity contribution in [2.24, 2.45) is 4.99 Å².